The average molecular weight is 454 g/mol. The standard InChI is InChI=1S/C18H23N5O5S2/c1-26-16-10-15(21-17(22-16)27-2)23-30(24,25)14-7-5-12(6-8-14)20-18(29)19-11-13-4-3-9-28-13/h5-8,10,13H,3-4,9,11H2,1-2H3,(H2,19,20,29)(H,21,22,23)/t13-/m1/s1. The molecule has 12 heteroatoms. The number of methoxy groups -OCH3 is 2. The third-order valence-corrected chi connectivity index (χ3v) is 5.87. The van der Waals surface area contributed by atoms with Crippen molar-refractivity contribution in [2.24, 2.45) is 0 Å². The molecule has 1 aromatic heterocycles. The predicted molar refractivity (Wildman–Crippen MR) is 116 cm³/mol. The number of sulfonamides is 1. The fraction of sp³-hybridized carbons (Fsp3) is 0.389. The normalized spacial score (nSPS) is 16.0. The maximum absolute atomic E-state index is 12.7. The quantitative estimate of drug-likeness (QED) is 0.509. The molecule has 0 amide bonds. The predicted octanol–water partition coefficient (Wildman–Crippen LogP) is 1.76. The van der Waals surface area contributed by atoms with E-state index >= 15 is 0 Å². The molecule has 30 heavy (non-hydrogen) atoms. The van der Waals surface area contributed by atoms with Crippen molar-refractivity contribution in [3.8, 4) is 11.9 Å². The highest BCUT2D eigenvalue weighted by atomic mass is 32.2. The molecule has 3 rings (SSSR count). The van der Waals surface area contributed by atoms with Gasteiger partial charge in [-0.05, 0) is 49.3 Å². The second-order valence-electron chi connectivity index (χ2n) is 6.38. The molecule has 3 N–H and O–H groups in total. The Balaban J connectivity index is 1.62. The average Bonchev–Trinajstić information content (AvgIpc) is 3.25. The van der Waals surface area contributed by atoms with Crippen LogP contribution < -0.4 is 24.8 Å². The van der Waals surface area contributed by atoms with Gasteiger partial charge in [-0.15, -0.1) is 0 Å². The van der Waals surface area contributed by atoms with Crippen LogP contribution in [0.3, 0.4) is 0 Å². The lowest BCUT2D eigenvalue weighted by molar-refractivity contribution is 0.114. The van der Waals surface area contributed by atoms with Gasteiger partial charge >= 0.3 is 6.01 Å². The molecule has 2 heterocycles. The summed E-state index contributed by atoms with van der Waals surface area (Å²) >= 11 is 5.26. The highest BCUT2D eigenvalue weighted by Gasteiger charge is 2.18. The number of anilines is 2. The summed E-state index contributed by atoms with van der Waals surface area (Å²) in [5.41, 5.74) is 0.657. The molecule has 0 radical (unpaired) electrons. The summed E-state index contributed by atoms with van der Waals surface area (Å²) in [7, 11) is -1.09. The van der Waals surface area contributed by atoms with E-state index in [4.69, 9.17) is 26.4 Å². The van der Waals surface area contributed by atoms with Gasteiger partial charge in [-0.25, -0.2) is 8.42 Å². The molecule has 0 spiro atoms. The molecule has 0 unspecified atom stereocenters. The molecule has 1 saturated heterocycles. The monoisotopic (exact) mass is 453 g/mol. The van der Waals surface area contributed by atoms with Gasteiger partial charge in [-0.2, -0.15) is 9.97 Å². The van der Waals surface area contributed by atoms with E-state index < -0.39 is 10.0 Å². The number of nitrogens with one attached hydrogen (secondary N) is 3. The number of hydrogen-bond donors (Lipinski definition) is 3. The first kappa shape index (κ1) is 22.0. The second-order valence-corrected chi connectivity index (χ2v) is 8.47. The van der Waals surface area contributed by atoms with Gasteiger partial charge in [0, 0.05) is 24.9 Å². The second kappa shape index (κ2) is 9.87. The Bertz CT molecular complexity index is 957. The minimum absolute atomic E-state index is 0.0179. The Morgan fingerprint density at radius 2 is 2.00 bits per heavy atom. The molecule has 1 atom stereocenters. The van der Waals surface area contributed by atoms with Crippen LogP contribution in [0.1, 0.15) is 12.8 Å². The largest absolute Gasteiger partial charge is 0.481 e. The summed E-state index contributed by atoms with van der Waals surface area (Å²) in [5, 5.41) is 6.56. The van der Waals surface area contributed by atoms with Crippen molar-refractivity contribution in [1.29, 1.82) is 0 Å². The van der Waals surface area contributed by atoms with Crippen molar-refractivity contribution in [1.82, 2.24) is 15.3 Å². The number of ether oxygens (including phenoxy) is 3. The van der Waals surface area contributed by atoms with Crippen LogP contribution in [0.4, 0.5) is 11.5 Å². The zero-order valence-corrected chi connectivity index (χ0v) is 18.2. The van der Waals surface area contributed by atoms with Gasteiger partial charge in [0.25, 0.3) is 10.0 Å². The summed E-state index contributed by atoms with van der Waals surface area (Å²) in [5.74, 6) is 0.198. The third-order valence-electron chi connectivity index (χ3n) is 4.25. The summed E-state index contributed by atoms with van der Waals surface area (Å²) in [6, 6.07) is 7.50. The lowest BCUT2D eigenvalue weighted by Gasteiger charge is -2.14. The molecule has 0 aliphatic carbocycles. The molecule has 1 aliphatic heterocycles. The molecule has 1 aromatic carbocycles. The van der Waals surface area contributed by atoms with Crippen LogP contribution in [-0.2, 0) is 14.8 Å². The van der Waals surface area contributed by atoms with Crippen LogP contribution >= 0.6 is 12.2 Å². The van der Waals surface area contributed by atoms with Gasteiger partial charge in [0.15, 0.2) is 10.9 Å². The van der Waals surface area contributed by atoms with Gasteiger partial charge < -0.3 is 24.8 Å². The van der Waals surface area contributed by atoms with Gasteiger partial charge in [0.1, 0.15) is 0 Å². The molecule has 1 aliphatic rings. The minimum atomic E-state index is -3.87. The van der Waals surface area contributed by atoms with Crippen LogP contribution in [0, 0.1) is 0 Å². The Kier molecular flexibility index (Phi) is 7.24. The minimum Gasteiger partial charge on any atom is -0.481 e. The van der Waals surface area contributed by atoms with Crippen molar-refractivity contribution in [3.63, 3.8) is 0 Å². The lowest BCUT2D eigenvalue weighted by Crippen LogP contribution is -2.34. The van der Waals surface area contributed by atoms with E-state index in [1.807, 2.05) is 0 Å². The first-order chi connectivity index (χ1) is 14.4. The number of aromatic nitrogens is 2. The highest BCUT2D eigenvalue weighted by Crippen LogP contribution is 2.21. The molecule has 10 nitrogen and oxygen atoms in total. The first-order valence-corrected chi connectivity index (χ1v) is 11.0. The molecule has 1 fully saturated rings. The Morgan fingerprint density at radius 3 is 2.63 bits per heavy atom. The fourth-order valence-corrected chi connectivity index (χ4v) is 3.95. The van der Waals surface area contributed by atoms with E-state index in [-0.39, 0.29) is 28.7 Å². The molecule has 0 saturated carbocycles. The van der Waals surface area contributed by atoms with Crippen molar-refractivity contribution in [2.45, 2.75) is 23.8 Å². The lowest BCUT2D eigenvalue weighted by atomic mass is 10.2. The summed E-state index contributed by atoms with van der Waals surface area (Å²) in [6.07, 6.45) is 2.24. The third kappa shape index (κ3) is 5.90. The highest BCUT2D eigenvalue weighted by molar-refractivity contribution is 7.92. The maximum Gasteiger partial charge on any atom is 0.321 e. The number of hydrogen-bond acceptors (Lipinski definition) is 8. The van der Waals surface area contributed by atoms with Gasteiger partial charge in [0.05, 0.1) is 25.2 Å². The Labute approximate surface area is 180 Å². The van der Waals surface area contributed by atoms with Crippen LogP contribution in [0.5, 0.6) is 11.9 Å². The number of thiocarbonyl (C=S) groups is 1. The van der Waals surface area contributed by atoms with Crippen molar-refractivity contribution >= 4 is 38.9 Å². The number of nitrogens with zero attached hydrogens (tertiary/aromatic N) is 2. The van der Waals surface area contributed by atoms with Crippen LogP contribution in [0.15, 0.2) is 35.2 Å². The molecule has 0 bridgehead atoms. The van der Waals surface area contributed by atoms with E-state index in [9.17, 15) is 8.42 Å². The van der Waals surface area contributed by atoms with Crippen LogP contribution in [0.25, 0.3) is 0 Å². The smallest absolute Gasteiger partial charge is 0.321 e. The van der Waals surface area contributed by atoms with Crippen molar-refractivity contribution < 1.29 is 22.6 Å². The molecular formula is C18H23N5O5S2. The summed E-state index contributed by atoms with van der Waals surface area (Å²) in [4.78, 5) is 7.95. The SMILES string of the molecule is COc1cc(NS(=O)(=O)c2ccc(NC(=S)NC[C@H]3CCCO3)cc2)nc(OC)n1. The maximum atomic E-state index is 12.7. The zero-order chi connectivity index (χ0) is 21.6. The van der Waals surface area contributed by atoms with Crippen LogP contribution in [-0.4, -0.2) is 57.0 Å². The molecule has 162 valence electrons. The first-order valence-electron chi connectivity index (χ1n) is 9.16. The van der Waals surface area contributed by atoms with E-state index in [0.717, 1.165) is 19.4 Å². The summed E-state index contributed by atoms with van der Waals surface area (Å²) in [6.45, 7) is 1.42. The van der Waals surface area contributed by atoms with E-state index in [2.05, 4.69) is 25.3 Å². The van der Waals surface area contributed by atoms with Gasteiger partial charge in [-0.1, -0.05) is 0 Å². The van der Waals surface area contributed by atoms with E-state index in [1.54, 1.807) is 12.1 Å². The molecule has 2 aromatic rings. The van der Waals surface area contributed by atoms with E-state index in [1.165, 1.54) is 32.4 Å². The topological polar surface area (TPSA) is 124 Å². The van der Waals surface area contributed by atoms with E-state index in [0.29, 0.717) is 17.3 Å². The fourth-order valence-electron chi connectivity index (χ4n) is 2.75. The Hall–Kier alpha value is -2.70. The van der Waals surface area contributed by atoms with Crippen molar-refractivity contribution in [2.75, 3.05) is 37.4 Å². The van der Waals surface area contributed by atoms with Crippen LogP contribution in [0.2, 0.25) is 0 Å². The number of benzene rings is 1. The Morgan fingerprint density at radius 1 is 1.23 bits per heavy atom. The zero-order valence-electron chi connectivity index (χ0n) is 16.5. The van der Waals surface area contributed by atoms with Gasteiger partial charge in [0.2, 0.25) is 5.88 Å². The summed E-state index contributed by atoms with van der Waals surface area (Å²) < 4.78 is 43.2. The number of rotatable bonds is 8. The van der Waals surface area contributed by atoms with Crippen molar-refractivity contribution in [3.05, 3.63) is 30.3 Å². The van der Waals surface area contributed by atoms with Gasteiger partial charge in [-0.3, -0.25) is 4.72 Å². The molecular weight excluding hydrogens is 430 g/mol.